The molecule has 11 heteroatoms. The Morgan fingerprint density at radius 3 is 2.58 bits per heavy atom. The molecule has 0 bridgehead atoms. The van der Waals surface area contributed by atoms with Gasteiger partial charge in [-0.25, -0.2) is 0 Å². The summed E-state index contributed by atoms with van der Waals surface area (Å²) < 4.78 is 45.9. The van der Waals surface area contributed by atoms with Crippen molar-refractivity contribution in [3.63, 3.8) is 0 Å². The van der Waals surface area contributed by atoms with Crippen LogP contribution in [0.3, 0.4) is 0 Å². The zero-order valence-electron chi connectivity index (χ0n) is 18.1. The highest BCUT2D eigenvalue weighted by atomic mass is 35.5. The Morgan fingerprint density at radius 1 is 1.11 bits per heavy atom. The Morgan fingerprint density at radius 2 is 1.86 bits per heavy atom. The van der Waals surface area contributed by atoms with E-state index < -0.39 is 28.8 Å². The predicted molar refractivity (Wildman–Crippen MR) is 127 cm³/mol. The molecule has 0 fully saturated rings. The zero-order valence-corrected chi connectivity index (χ0v) is 18.8. The summed E-state index contributed by atoms with van der Waals surface area (Å²) in [6.07, 6.45) is -2.22. The van der Waals surface area contributed by atoms with Gasteiger partial charge in [0, 0.05) is 11.9 Å². The van der Waals surface area contributed by atoms with Crippen LogP contribution in [0, 0.1) is 11.3 Å². The number of nitrogens with one attached hydrogen (secondary N) is 1. The van der Waals surface area contributed by atoms with Crippen molar-refractivity contribution in [2.75, 3.05) is 5.32 Å². The lowest BCUT2D eigenvalue weighted by molar-refractivity contribution is -0.137. The number of carbonyl (C=O) groups excluding carboxylic acids is 1. The van der Waals surface area contributed by atoms with Crippen LogP contribution < -0.4 is 15.6 Å². The van der Waals surface area contributed by atoms with Gasteiger partial charge in [-0.2, -0.15) is 23.4 Å². The number of anilines is 1. The number of nitrogens with zero attached hydrogens (tertiary/aromatic N) is 3. The molecule has 0 aliphatic carbocycles. The molecule has 2 aromatic carbocycles. The second-order valence-corrected chi connectivity index (χ2v) is 7.71. The Labute approximate surface area is 206 Å². The van der Waals surface area contributed by atoms with Crippen molar-refractivity contribution < 1.29 is 22.7 Å². The average molecular weight is 511 g/mol. The number of halogens is 4. The number of ether oxygens (including phenoxy) is 1. The maximum Gasteiger partial charge on any atom is 0.416 e. The van der Waals surface area contributed by atoms with Gasteiger partial charge < -0.3 is 10.1 Å². The van der Waals surface area contributed by atoms with Gasteiger partial charge in [-0.05, 0) is 48.5 Å². The van der Waals surface area contributed by atoms with E-state index in [1.807, 2.05) is 0 Å². The number of carbonyl (C=O) groups is 1. The minimum atomic E-state index is -4.62. The smallest absolute Gasteiger partial charge is 0.416 e. The summed E-state index contributed by atoms with van der Waals surface area (Å²) in [6, 6.07) is 16.8. The number of hydrogen-bond acceptors (Lipinski definition) is 5. The average Bonchev–Trinajstić information content (AvgIpc) is 2.85. The van der Waals surface area contributed by atoms with Crippen molar-refractivity contribution in [1.29, 1.82) is 5.26 Å². The topological polar surface area (TPSA) is 96.5 Å². The first-order chi connectivity index (χ1) is 17.2. The molecule has 0 saturated carbocycles. The maximum atomic E-state index is 13.2. The standard InChI is InChI=1S/C25H14ClF3N4O3/c26-19-8-1-2-9-20(19)36-23-18(24(35)33-11-4-3-10-21(33)32-23)12-15(14-30)22(34)31-17-7-5-6-16(13-17)25(27,28)29/h1-13H,(H,31,34)/b15-12-. The number of para-hydroxylation sites is 1. The van der Waals surface area contributed by atoms with E-state index in [2.05, 4.69) is 10.3 Å². The summed E-state index contributed by atoms with van der Waals surface area (Å²) in [7, 11) is 0. The number of nitriles is 1. The lowest BCUT2D eigenvalue weighted by atomic mass is 10.1. The molecular weight excluding hydrogens is 497 g/mol. The van der Waals surface area contributed by atoms with Gasteiger partial charge in [0.1, 0.15) is 28.6 Å². The summed E-state index contributed by atoms with van der Waals surface area (Å²) in [5, 5.41) is 12.1. The molecule has 2 aromatic heterocycles. The van der Waals surface area contributed by atoms with Gasteiger partial charge in [-0.1, -0.05) is 35.9 Å². The van der Waals surface area contributed by atoms with Crippen LogP contribution in [0.25, 0.3) is 11.7 Å². The molecule has 4 rings (SSSR count). The summed E-state index contributed by atoms with van der Waals surface area (Å²) in [5.41, 5.74) is -2.39. The number of hydrogen-bond donors (Lipinski definition) is 1. The third-order valence-electron chi connectivity index (χ3n) is 4.88. The van der Waals surface area contributed by atoms with E-state index in [4.69, 9.17) is 16.3 Å². The molecular formula is C25H14ClF3N4O3. The second-order valence-electron chi connectivity index (χ2n) is 7.30. The molecule has 180 valence electrons. The van der Waals surface area contributed by atoms with Crippen LogP contribution in [0.15, 0.2) is 83.3 Å². The van der Waals surface area contributed by atoms with Gasteiger partial charge in [0.25, 0.3) is 11.5 Å². The van der Waals surface area contributed by atoms with Crippen LogP contribution in [0.1, 0.15) is 11.1 Å². The molecule has 1 N–H and O–H groups in total. The summed E-state index contributed by atoms with van der Waals surface area (Å²) >= 11 is 6.15. The summed E-state index contributed by atoms with van der Waals surface area (Å²) in [6.45, 7) is 0. The molecule has 0 aliphatic rings. The van der Waals surface area contributed by atoms with Gasteiger partial charge >= 0.3 is 6.18 Å². The number of alkyl halides is 3. The van der Waals surface area contributed by atoms with E-state index in [1.54, 1.807) is 42.5 Å². The number of aromatic nitrogens is 2. The van der Waals surface area contributed by atoms with E-state index in [1.165, 1.54) is 22.7 Å². The molecule has 2 heterocycles. The molecule has 0 saturated heterocycles. The fraction of sp³-hybridized carbons (Fsp3) is 0.0400. The zero-order chi connectivity index (χ0) is 25.9. The monoisotopic (exact) mass is 510 g/mol. The maximum absolute atomic E-state index is 13.2. The number of benzene rings is 2. The molecule has 0 atom stereocenters. The molecule has 7 nitrogen and oxygen atoms in total. The Kier molecular flexibility index (Phi) is 6.76. The largest absolute Gasteiger partial charge is 0.437 e. The van der Waals surface area contributed by atoms with Crippen molar-refractivity contribution >= 4 is 34.9 Å². The van der Waals surface area contributed by atoms with Crippen LogP contribution in [0.2, 0.25) is 5.02 Å². The van der Waals surface area contributed by atoms with Gasteiger partial charge in [-0.3, -0.25) is 14.0 Å². The van der Waals surface area contributed by atoms with Crippen molar-refractivity contribution in [2.24, 2.45) is 0 Å². The molecule has 0 radical (unpaired) electrons. The highest BCUT2D eigenvalue weighted by Gasteiger charge is 2.30. The minimum Gasteiger partial charge on any atom is -0.437 e. The van der Waals surface area contributed by atoms with Gasteiger partial charge in [-0.15, -0.1) is 0 Å². The first-order valence-electron chi connectivity index (χ1n) is 10.2. The van der Waals surface area contributed by atoms with Crippen LogP contribution in [0.5, 0.6) is 11.6 Å². The number of amides is 1. The Bertz CT molecular complexity index is 1610. The molecule has 0 unspecified atom stereocenters. The number of fused-ring (bicyclic) bond motifs is 1. The third-order valence-corrected chi connectivity index (χ3v) is 5.19. The molecule has 1 amide bonds. The molecule has 4 aromatic rings. The van der Waals surface area contributed by atoms with Crippen LogP contribution in [0.4, 0.5) is 18.9 Å². The first-order valence-corrected chi connectivity index (χ1v) is 10.6. The lowest BCUT2D eigenvalue weighted by Gasteiger charge is -2.11. The highest BCUT2D eigenvalue weighted by molar-refractivity contribution is 6.32. The van der Waals surface area contributed by atoms with E-state index in [-0.39, 0.29) is 33.6 Å². The molecule has 36 heavy (non-hydrogen) atoms. The number of pyridine rings is 1. The number of rotatable bonds is 5. The van der Waals surface area contributed by atoms with Crippen molar-refractivity contribution in [1.82, 2.24) is 9.38 Å². The van der Waals surface area contributed by atoms with Gasteiger partial charge in [0.05, 0.1) is 10.6 Å². The quantitative estimate of drug-likeness (QED) is 0.274. The lowest BCUT2D eigenvalue weighted by Crippen LogP contribution is -2.20. The second kappa shape index (κ2) is 9.93. The molecule has 0 spiro atoms. The van der Waals surface area contributed by atoms with E-state index in [0.717, 1.165) is 24.3 Å². The fourth-order valence-electron chi connectivity index (χ4n) is 3.18. The fourth-order valence-corrected chi connectivity index (χ4v) is 3.35. The highest BCUT2D eigenvalue weighted by Crippen LogP contribution is 2.31. The Hall–Kier alpha value is -4.62. The van der Waals surface area contributed by atoms with Crippen molar-refractivity contribution in [3.8, 4) is 17.7 Å². The minimum absolute atomic E-state index is 0.174. The van der Waals surface area contributed by atoms with Crippen LogP contribution in [-0.4, -0.2) is 15.3 Å². The first kappa shape index (κ1) is 24.5. The van der Waals surface area contributed by atoms with Crippen molar-refractivity contribution in [3.05, 3.63) is 105 Å². The van der Waals surface area contributed by atoms with Gasteiger partial charge in [0.2, 0.25) is 5.88 Å². The van der Waals surface area contributed by atoms with Crippen molar-refractivity contribution in [2.45, 2.75) is 6.18 Å². The van der Waals surface area contributed by atoms with Crippen LogP contribution >= 0.6 is 11.6 Å². The Balaban J connectivity index is 1.78. The van der Waals surface area contributed by atoms with Crippen LogP contribution in [-0.2, 0) is 11.0 Å². The molecule has 0 aliphatic heterocycles. The predicted octanol–water partition coefficient (Wildman–Crippen LogP) is 5.70. The normalized spacial score (nSPS) is 11.7. The summed E-state index contributed by atoms with van der Waals surface area (Å²) in [5.74, 6) is -1.08. The van der Waals surface area contributed by atoms with Gasteiger partial charge in [0.15, 0.2) is 0 Å². The third kappa shape index (κ3) is 5.21. The van der Waals surface area contributed by atoms with E-state index in [9.17, 15) is 28.0 Å². The SMILES string of the molecule is N#C/C(=C/c1c(Oc2ccccc2Cl)nc2ccccn2c1=O)C(=O)Nc1cccc(C(F)(F)F)c1. The summed E-state index contributed by atoms with van der Waals surface area (Å²) in [4.78, 5) is 30.3. The van der Waals surface area contributed by atoms with E-state index in [0.29, 0.717) is 0 Å². The van der Waals surface area contributed by atoms with E-state index >= 15 is 0 Å².